The van der Waals surface area contributed by atoms with Crippen LogP contribution in [0.25, 0.3) is 0 Å². The number of alkyl halides is 2. The van der Waals surface area contributed by atoms with Crippen LogP contribution in [0.3, 0.4) is 0 Å². The molecule has 182 valence electrons. The molecule has 2 aromatic carbocycles. The Balaban J connectivity index is 1.97. The Morgan fingerprint density at radius 1 is 1.09 bits per heavy atom. The monoisotopic (exact) mass is 567 g/mol. The van der Waals surface area contributed by atoms with Crippen molar-refractivity contribution in [1.82, 2.24) is 0 Å². The minimum atomic E-state index is -4.16. The third-order valence-corrected chi connectivity index (χ3v) is 6.42. The van der Waals surface area contributed by atoms with E-state index in [0.29, 0.717) is 4.90 Å². The maximum absolute atomic E-state index is 13.7. The maximum atomic E-state index is 13.7. The number of benzene rings is 2. The highest BCUT2D eigenvalue weighted by atomic mass is 79.9. The van der Waals surface area contributed by atoms with Gasteiger partial charge in [-0.3, -0.25) is 9.69 Å². The molecule has 2 heterocycles. The summed E-state index contributed by atoms with van der Waals surface area (Å²) in [7, 11) is 0. The number of hydrogen-bond acceptors (Lipinski definition) is 10. The van der Waals surface area contributed by atoms with Crippen molar-refractivity contribution < 1.29 is 48.6 Å². The van der Waals surface area contributed by atoms with Gasteiger partial charge in [0.05, 0.1) is 27.4 Å². The molecule has 0 fully saturated rings. The van der Waals surface area contributed by atoms with Gasteiger partial charge in [0.2, 0.25) is 5.96 Å². The molecule has 2 aromatic rings. The number of anilines is 2. The molecule has 4 rings (SSSR count). The Kier molecular flexibility index (Phi) is 5.74. The van der Waals surface area contributed by atoms with Crippen LogP contribution in [0.15, 0.2) is 39.8 Å². The lowest BCUT2D eigenvalue weighted by molar-refractivity contribution is -0.450. The van der Waals surface area contributed by atoms with Gasteiger partial charge in [-0.25, -0.2) is 13.2 Å². The Bertz CT molecular complexity index is 1240. The second kappa shape index (κ2) is 7.86. The minimum absolute atomic E-state index is 0.118. The van der Waals surface area contributed by atoms with Crippen LogP contribution in [-0.4, -0.2) is 73.0 Å². The van der Waals surface area contributed by atoms with Gasteiger partial charge in [0.15, 0.2) is 5.78 Å². The SMILES string of the molecule is O=C(c1cc(F)ccc1Cl)c1ccc2c(c1Br)N1C(=NC(O)(O)C(O)(O)C1(O)O)N2CC(F)F. The summed E-state index contributed by atoms with van der Waals surface area (Å²) in [6.07, 6.45) is -3.05. The average molecular weight is 569 g/mol. The zero-order valence-corrected chi connectivity index (χ0v) is 18.8. The summed E-state index contributed by atoms with van der Waals surface area (Å²) < 4.78 is 40.0. The molecule has 10 nitrogen and oxygen atoms in total. The van der Waals surface area contributed by atoms with Gasteiger partial charge in [-0.05, 0) is 46.3 Å². The molecule has 0 radical (unpaired) electrons. The molecule has 0 aromatic heterocycles. The largest absolute Gasteiger partial charge is 0.354 e. The lowest BCUT2D eigenvalue weighted by Crippen LogP contribution is -2.78. The van der Waals surface area contributed by atoms with Crippen molar-refractivity contribution in [2.75, 3.05) is 16.3 Å². The number of carbonyl (C=O) groups excluding carboxylic acids is 1. The number of hydrogen-bond donors (Lipinski definition) is 6. The Labute approximate surface area is 201 Å². The van der Waals surface area contributed by atoms with Gasteiger partial charge in [-0.1, -0.05) is 11.6 Å². The minimum Gasteiger partial charge on any atom is -0.354 e. The number of halogens is 5. The van der Waals surface area contributed by atoms with E-state index >= 15 is 0 Å². The number of guanidine groups is 1. The molecule has 34 heavy (non-hydrogen) atoms. The number of aliphatic imine (C=N–C) groups is 1. The summed E-state index contributed by atoms with van der Waals surface area (Å²) in [5.41, 5.74) is -1.24. The third-order valence-electron chi connectivity index (χ3n) is 5.29. The molecule has 0 bridgehead atoms. The van der Waals surface area contributed by atoms with Gasteiger partial charge in [0.1, 0.15) is 5.82 Å². The van der Waals surface area contributed by atoms with E-state index in [1.165, 1.54) is 0 Å². The average Bonchev–Trinajstić information content (AvgIpc) is 3.02. The van der Waals surface area contributed by atoms with Crippen molar-refractivity contribution in [2.24, 2.45) is 4.99 Å². The smallest absolute Gasteiger partial charge is 0.332 e. The summed E-state index contributed by atoms with van der Waals surface area (Å²) in [6, 6.07) is 5.22. The Morgan fingerprint density at radius 3 is 2.35 bits per heavy atom. The van der Waals surface area contributed by atoms with Crippen LogP contribution in [0.5, 0.6) is 0 Å². The first kappa shape index (κ1) is 24.8. The lowest BCUT2D eigenvalue weighted by Gasteiger charge is -2.48. The molecule has 15 heteroatoms. The van der Waals surface area contributed by atoms with Crippen LogP contribution in [0.1, 0.15) is 15.9 Å². The highest BCUT2D eigenvalue weighted by Crippen LogP contribution is 2.51. The van der Waals surface area contributed by atoms with Crippen molar-refractivity contribution in [2.45, 2.75) is 24.0 Å². The molecule has 2 aliphatic heterocycles. The summed E-state index contributed by atoms with van der Waals surface area (Å²) in [6.45, 7) is -1.15. The van der Waals surface area contributed by atoms with E-state index in [1.54, 1.807) is 0 Å². The zero-order valence-electron chi connectivity index (χ0n) is 16.5. The van der Waals surface area contributed by atoms with Gasteiger partial charge in [-0.15, -0.1) is 0 Å². The first-order valence-electron chi connectivity index (χ1n) is 9.24. The molecule has 0 amide bonds. The van der Waals surface area contributed by atoms with Gasteiger partial charge >= 0.3 is 17.6 Å². The van der Waals surface area contributed by atoms with Crippen LogP contribution in [0.4, 0.5) is 24.5 Å². The fourth-order valence-electron chi connectivity index (χ4n) is 3.63. The van der Waals surface area contributed by atoms with E-state index in [9.17, 15) is 48.6 Å². The van der Waals surface area contributed by atoms with E-state index in [-0.39, 0.29) is 31.2 Å². The van der Waals surface area contributed by atoms with E-state index < -0.39 is 53.8 Å². The van der Waals surface area contributed by atoms with Crippen molar-refractivity contribution >= 4 is 50.6 Å². The summed E-state index contributed by atoms with van der Waals surface area (Å²) >= 11 is 9.06. The molecule has 2 aliphatic rings. The zero-order chi connectivity index (χ0) is 25.4. The highest BCUT2D eigenvalue weighted by Gasteiger charge is 2.71. The molecule has 0 saturated carbocycles. The molecular formula is C19H14BrClF3N3O7. The first-order chi connectivity index (χ1) is 15.6. The van der Waals surface area contributed by atoms with Crippen LogP contribution in [0, 0.1) is 5.82 Å². The molecular weight excluding hydrogens is 555 g/mol. The van der Waals surface area contributed by atoms with Gasteiger partial charge in [-0.2, -0.15) is 4.99 Å². The Morgan fingerprint density at radius 2 is 1.74 bits per heavy atom. The summed E-state index contributed by atoms with van der Waals surface area (Å²) in [5, 5.41) is 61.0. The van der Waals surface area contributed by atoms with Crippen molar-refractivity contribution in [1.29, 1.82) is 0 Å². The predicted octanol–water partition coefficient (Wildman–Crippen LogP) is 0.691. The van der Waals surface area contributed by atoms with Gasteiger partial charge < -0.3 is 35.5 Å². The van der Waals surface area contributed by atoms with Gasteiger partial charge in [0, 0.05) is 11.1 Å². The number of ketones is 1. The number of rotatable bonds is 4. The molecule has 0 unspecified atom stereocenters. The highest BCUT2D eigenvalue weighted by molar-refractivity contribution is 9.10. The normalized spacial score (nSPS) is 19.7. The standard InChI is InChI=1S/C19H14BrClF3N3O7/c20-13-8(15(28)9-5-7(22)1-3-10(9)21)2-4-11-14(13)27-16(26(11)6-12(23)24)25-18(31,32)17(29,30)19(27,33)34/h1-5,12,29-34H,6H2. The van der Waals surface area contributed by atoms with Gasteiger partial charge in [0.25, 0.3) is 6.43 Å². The molecule has 0 aliphatic carbocycles. The first-order valence-corrected chi connectivity index (χ1v) is 10.4. The summed E-state index contributed by atoms with van der Waals surface area (Å²) in [4.78, 5) is 17.2. The number of aliphatic hydroxyl groups is 6. The topological polar surface area (TPSA) is 157 Å². The van der Waals surface area contributed by atoms with Crippen LogP contribution < -0.4 is 9.80 Å². The van der Waals surface area contributed by atoms with Crippen molar-refractivity contribution in [3.63, 3.8) is 0 Å². The summed E-state index contributed by atoms with van der Waals surface area (Å²) in [5.74, 6) is -14.6. The van der Waals surface area contributed by atoms with Crippen LogP contribution >= 0.6 is 27.5 Å². The van der Waals surface area contributed by atoms with Crippen molar-refractivity contribution in [3.8, 4) is 0 Å². The molecule has 0 atom stereocenters. The van der Waals surface area contributed by atoms with E-state index in [0.717, 1.165) is 30.3 Å². The van der Waals surface area contributed by atoms with Crippen molar-refractivity contribution in [3.05, 3.63) is 56.8 Å². The molecule has 0 spiro atoms. The number of nitrogens with zero attached hydrogens (tertiary/aromatic N) is 3. The fourth-order valence-corrected chi connectivity index (χ4v) is 4.52. The third kappa shape index (κ3) is 3.41. The number of fused-ring (bicyclic) bond motifs is 3. The molecule has 6 N–H and O–H groups in total. The maximum Gasteiger partial charge on any atom is 0.332 e. The quantitative estimate of drug-likeness (QED) is 0.231. The second-order valence-electron chi connectivity index (χ2n) is 7.44. The van der Waals surface area contributed by atoms with Crippen LogP contribution in [-0.2, 0) is 0 Å². The van der Waals surface area contributed by atoms with Crippen LogP contribution in [0.2, 0.25) is 5.02 Å². The lowest BCUT2D eigenvalue weighted by atomic mass is 10.0. The second-order valence-corrected chi connectivity index (χ2v) is 8.64. The van der Waals surface area contributed by atoms with E-state index in [4.69, 9.17) is 11.6 Å². The fraction of sp³-hybridized carbons (Fsp3) is 0.263. The Hall–Kier alpha value is -2.30. The van der Waals surface area contributed by atoms with E-state index in [1.807, 2.05) is 0 Å². The predicted molar refractivity (Wildman–Crippen MR) is 114 cm³/mol. The molecule has 0 saturated heterocycles. The van der Waals surface area contributed by atoms with E-state index in [2.05, 4.69) is 20.9 Å². The number of carbonyl (C=O) groups is 1.